The number of benzene rings is 1. The molecule has 7 heteroatoms. The van der Waals surface area contributed by atoms with Crippen molar-refractivity contribution in [3.8, 4) is 11.5 Å². The Labute approximate surface area is 172 Å². The standard InChI is InChI=1S/C22H31NO6/c1-2-7-23(6-1)8-5-20-3-4-21-22(19-20)29-18-16-27-14-12-25-10-9-24-11-13-26-15-17-28-21/h1-4,6-7,19H,5,8-18H2. The maximum atomic E-state index is 5.95. The Morgan fingerprint density at radius 1 is 0.621 bits per heavy atom. The SMILES string of the molecule is c1ccn(CCc2ccc3c(c2)OCCOCCOCCOCCOCCO3)c1. The van der Waals surface area contributed by atoms with E-state index in [1.54, 1.807) is 0 Å². The van der Waals surface area contributed by atoms with E-state index in [1.807, 2.05) is 18.2 Å². The first kappa shape index (κ1) is 21.6. The van der Waals surface area contributed by atoms with Crippen LogP contribution in [0.1, 0.15) is 5.56 Å². The van der Waals surface area contributed by atoms with Crippen molar-refractivity contribution >= 4 is 0 Å². The summed E-state index contributed by atoms with van der Waals surface area (Å²) in [5.74, 6) is 1.46. The number of hydrogen-bond acceptors (Lipinski definition) is 6. The maximum absolute atomic E-state index is 5.95. The summed E-state index contributed by atoms with van der Waals surface area (Å²) in [6, 6.07) is 10.2. The average molecular weight is 405 g/mol. The summed E-state index contributed by atoms with van der Waals surface area (Å²) in [7, 11) is 0. The normalized spacial score (nSPS) is 17.9. The van der Waals surface area contributed by atoms with E-state index in [0.717, 1.165) is 24.5 Å². The number of aromatic nitrogens is 1. The molecule has 1 aromatic carbocycles. The van der Waals surface area contributed by atoms with Gasteiger partial charge in [-0.25, -0.2) is 0 Å². The van der Waals surface area contributed by atoms with E-state index in [4.69, 9.17) is 28.4 Å². The molecule has 3 rings (SSSR count). The third-order valence-electron chi connectivity index (χ3n) is 4.42. The van der Waals surface area contributed by atoms with Gasteiger partial charge in [0.15, 0.2) is 11.5 Å². The molecule has 2 aromatic rings. The summed E-state index contributed by atoms with van der Waals surface area (Å²) in [5.41, 5.74) is 1.20. The molecule has 0 bridgehead atoms. The second-order valence-electron chi connectivity index (χ2n) is 6.60. The van der Waals surface area contributed by atoms with Gasteiger partial charge in [0.1, 0.15) is 13.2 Å². The molecule has 0 radical (unpaired) electrons. The van der Waals surface area contributed by atoms with Gasteiger partial charge in [0.05, 0.1) is 52.9 Å². The Bertz CT molecular complexity index is 676. The van der Waals surface area contributed by atoms with Gasteiger partial charge in [0.25, 0.3) is 0 Å². The zero-order valence-electron chi connectivity index (χ0n) is 16.9. The van der Waals surface area contributed by atoms with E-state index in [2.05, 4.69) is 29.1 Å². The number of nitrogens with zero attached hydrogens (tertiary/aromatic N) is 1. The molecule has 29 heavy (non-hydrogen) atoms. The van der Waals surface area contributed by atoms with Gasteiger partial charge in [0.2, 0.25) is 0 Å². The zero-order chi connectivity index (χ0) is 20.0. The molecular weight excluding hydrogens is 374 g/mol. The van der Waals surface area contributed by atoms with Crippen molar-refractivity contribution in [2.75, 3.05) is 66.1 Å². The van der Waals surface area contributed by atoms with Gasteiger partial charge in [-0.15, -0.1) is 0 Å². The lowest BCUT2D eigenvalue weighted by Gasteiger charge is -2.15. The summed E-state index contributed by atoms with van der Waals surface area (Å²) in [4.78, 5) is 0. The van der Waals surface area contributed by atoms with Gasteiger partial charge in [-0.2, -0.15) is 0 Å². The van der Waals surface area contributed by atoms with Crippen molar-refractivity contribution < 1.29 is 28.4 Å². The van der Waals surface area contributed by atoms with Gasteiger partial charge in [0, 0.05) is 18.9 Å². The van der Waals surface area contributed by atoms with E-state index in [0.29, 0.717) is 66.1 Å². The lowest BCUT2D eigenvalue weighted by atomic mass is 10.1. The first-order chi connectivity index (χ1) is 14.4. The highest BCUT2D eigenvalue weighted by molar-refractivity contribution is 5.43. The van der Waals surface area contributed by atoms with Crippen molar-refractivity contribution in [2.45, 2.75) is 13.0 Å². The van der Waals surface area contributed by atoms with Crippen LogP contribution in [0.3, 0.4) is 0 Å². The van der Waals surface area contributed by atoms with Crippen LogP contribution in [0.15, 0.2) is 42.7 Å². The number of aryl methyl sites for hydroxylation is 2. The number of ether oxygens (including phenoxy) is 6. The van der Waals surface area contributed by atoms with E-state index in [1.165, 1.54) is 5.56 Å². The first-order valence-corrected chi connectivity index (χ1v) is 10.2. The van der Waals surface area contributed by atoms with E-state index >= 15 is 0 Å². The Hall–Kier alpha value is -2.06. The quantitative estimate of drug-likeness (QED) is 0.782. The number of fused-ring (bicyclic) bond motifs is 1. The van der Waals surface area contributed by atoms with E-state index in [-0.39, 0.29) is 0 Å². The van der Waals surface area contributed by atoms with Crippen LogP contribution in [-0.2, 0) is 31.9 Å². The minimum atomic E-state index is 0.455. The van der Waals surface area contributed by atoms with E-state index < -0.39 is 0 Å². The zero-order valence-corrected chi connectivity index (χ0v) is 16.9. The summed E-state index contributed by atoms with van der Waals surface area (Å²) >= 11 is 0. The third kappa shape index (κ3) is 8.45. The van der Waals surface area contributed by atoms with Gasteiger partial charge in [-0.3, -0.25) is 0 Å². The second kappa shape index (κ2) is 13.2. The summed E-state index contributed by atoms with van der Waals surface area (Å²) in [6.45, 7) is 6.11. The van der Waals surface area contributed by atoms with Gasteiger partial charge in [-0.05, 0) is 36.2 Å². The molecule has 0 saturated heterocycles. The monoisotopic (exact) mass is 405 g/mol. The van der Waals surface area contributed by atoms with Crippen LogP contribution >= 0.6 is 0 Å². The summed E-state index contributed by atoms with van der Waals surface area (Å²) < 4.78 is 36.0. The van der Waals surface area contributed by atoms with Crippen LogP contribution in [0.4, 0.5) is 0 Å². The van der Waals surface area contributed by atoms with Crippen molar-refractivity contribution in [1.82, 2.24) is 4.57 Å². The van der Waals surface area contributed by atoms with Crippen molar-refractivity contribution in [2.24, 2.45) is 0 Å². The highest BCUT2D eigenvalue weighted by atomic mass is 16.6. The van der Waals surface area contributed by atoms with Crippen molar-refractivity contribution in [3.05, 3.63) is 48.3 Å². The second-order valence-corrected chi connectivity index (χ2v) is 6.60. The fraction of sp³-hybridized carbons (Fsp3) is 0.545. The molecule has 1 aliphatic rings. The highest BCUT2D eigenvalue weighted by Crippen LogP contribution is 2.29. The smallest absolute Gasteiger partial charge is 0.161 e. The Balaban J connectivity index is 1.55. The predicted molar refractivity (Wildman–Crippen MR) is 109 cm³/mol. The van der Waals surface area contributed by atoms with Crippen LogP contribution in [0.2, 0.25) is 0 Å². The topological polar surface area (TPSA) is 60.3 Å². The fourth-order valence-electron chi connectivity index (χ4n) is 2.90. The molecule has 0 atom stereocenters. The third-order valence-corrected chi connectivity index (χ3v) is 4.42. The molecule has 0 N–H and O–H groups in total. The average Bonchev–Trinajstić information content (AvgIpc) is 3.26. The molecule has 7 nitrogen and oxygen atoms in total. The lowest BCUT2D eigenvalue weighted by Crippen LogP contribution is -2.16. The van der Waals surface area contributed by atoms with Gasteiger partial charge in [-0.1, -0.05) is 6.07 Å². The molecule has 1 aromatic heterocycles. The Morgan fingerprint density at radius 2 is 1.14 bits per heavy atom. The van der Waals surface area contributed by atoms with Crippen LogP contribution in [-0.4, -0.2) is 70.6 Å². The van der Waals surface area contributed by atoms with Crippen LogP contribution in [0, 0.1) is 0 Å². The molecule has 0 spiro atoms. The number of hydrogen-bond donors (Lipinski definition) is 0. The molecule has 0 saturated carbocycles. The molecule has 1 aliphatic heterocycles. The van der Waals surface area contributed by atoms with Crippen molar-refractivity contribution in [1.29, 1.82) is 0 Å². The molecule has 160 valence electrons. The fourth-order valence-corrected chi connectivity index (χ4v) is 2.90. The highest BCUT2D eigenvalue weighted by Gasteiger charge is 2.08. The molecule has 0 unspecified atom stereocenters. The molecule has 0 fully saturated rings. The first-order valence-electron chi connectivity index (χ1n) is 10.2. The van der Waals surface area contributed by atoms with Crippen LogP contribution in [0.25, 0.3) is 0 Å². The summed E-state index contributed by atoms with van der Waals surface area (Å²) in [5, 5.41) is 0. The maximum Gasteiger partial charge on any atom is 0.161 e. The predicted octanol–water partition coefficient (Wildman–Crippen LogP) is 2.57. The molecular formula is C22H31NO6. The number of rotatable bonds is 3. The van der Waals surface area contributed by atoms with Crippen LogP contribution < -0.4 is 9.47 Å². The molecule has 2 heterocycles. The van der Waals surface area contributed by atoms with E-state index in [9.17, 15) is 0 Å². The Kier molecular flexibility index (Phi) is 9.86. The molecule has 0 amide bonds. The van der Waals surface area contributed by atoms with Gasteiger partial charge >= 0.3 is 0 Å². The molecule has 0 aliphatic carbocycles. The minimum Gasteiger partial charge on any atom is -0.487 e. The van der Waals surface area contributed by atoms with Gasteiger partial charge < -0.3 is 33.0 Å². The lowest BCUT2D eigenvalue weighted by molar-refractivity contribution is -0.00842. The van der Waals surface area contributed by atoms with Crippen molar-refractivity contribution in [3.63, 3.8) is 0 Å². The largest absolute Gasteiger partial charge is 0.487 e. The van der Waals surface area contributed by atoms with Crippen LogP contribution in [0.5, 0.6) is 11.5 Å². The summed E-state index contributed by atoms with van der Waals surface area (Å²) in [6.07, 6.45) is 5.06. The minimum absolute atomic E-state index is 0.455. The Morgan fingerprint density at radius 3 is 1.72 bits per heavy atom.